The van der Waals surface area contributed by atoms with Gasteiger partial charge < -0.3 is 0 Å². The van der Waals surface area contributed by atoms with Crippen LogP contribution in [0, 0.1) is 11.8 Å². The fraction of sp³-hybridized carbons (Fsp3) is 0.818. The molecule has 0 bridgehead atoms. The van der Waals surface area contributed by atoms with Gasteiger partial charge >= 0.3 is 0 Å². The zero-order valence-electron chi connectivity index (χ0n) is 8.84. The van der Waals surface area contributed by atoms with Gasteiger partial charge in [-0.2, -0.15) is 0 Å². The SMILES string of the molecule is CC(C)CC(C)C(=O)C1=NCCC1. The predicted octanol–water partition coefficient (Wildman–Crippen LogP) is 2.47. The van der Waals surface area contributed by atoms with E-state index >= 15 is 0 Å². The topological polar surface area (TPSA) is 29.4 Å². The molecule has 0 fully saturated rings. The smallest absolute Gasteiger partial charge is 0.179 e. The summed E-state index contributed by atoms with van der Waals surface area (Å²) in [5, 5.41) is 0. The minimum Gasteiger partial charge on any atom is -0.293 e. The van der Waals surface area contributed by atoms with Crippen LogP contribution in [0.3, 0.4) is 0 Å². The standard InChI is InChI=1S/C11H19NO/c1-8(2)7-9(3)11(13)10-5-4-6-12-10/h8-9H,4-7H2,1-3H3. The summed E-state index contributed by atoms with van der Waals surface area (Å²) >= 11 is 0. The fourth-order valence-electron chi connectivity index (χ4n) is 1.84. The van der Waals surface area contributed by atoms with Gasteiger partial charge in [-0.15, -0.1) is 0 Å². The number of aliphatic imine (C=N–C) groups is 1. The van der Waals surface area contributed by atoms with E-state index in [1.54, 1.807) is 0 Å². The number of Topliss-reactive ketones (excluding diaryl/α,β-unsaturated/α-hetero) is 1. The zero-order valence-corrected chi connectivity index (χ0v) is 8.84. The van der Waals surface area contributed by atoms with Crippen molar-refractivity contribution in [3.05, 3.63) is 0 Å². The number of hydrogen-bond acceptors (Lipinski definition) is 2. The first-order valence-electron chi connectivity index (χ1n) is 5.18. The van der Waals surface area contributed by atoms with E-state index in [0.717, 1.165) is 31.5 Å². The molecule has 0 aromatic rings. The highest BCUT2D eigenvalue weighted by Crippen LogP contribution is 2.16. The van der Waals surface area contributed by atoms with Crippen LogP contribution in [0.1, 0.15) is 40.0 Å². The second-order valence-corrected chi connectivity index (χ2v) is 4.33. The number of ketones is 1. The summed E-state index contributed by atoms with van der Waals surface area (Å²) in [6.07, 6.45) is 2.95. The van der Waals surface area contributed by atoms with E-state index < -0.39 is 0 Å². The van der Waals surface area contributed by atoms with Crippen molar-refractivity contribution < 1.29 is 4.79 Å². The van der Waals surface area contributed by atoms with Crippen LogP contribution in [-0.2, 0) is 4.79 Å². The zero-order chi connectivity index (χ0) is 9.84. The number of nitrogens with zero attached hydrogens (tertiary/aromatic N) is 1. The number of carbonyl (C=O) groups is 1. The van der Waals surface area contributed by atoms with Crippen LogP contribution in [0.15, 0.2) is 4.99 Å². The molecular weight excluding hydrogens is 162 g/mol. The maximum atomic E-state index is 11.8. The monoisotopic (exact) mass is 181 g/mol. The van der Waals surface area contributed by atoms with Gasteiger partial charge in [-0.1, -0.05) is 20.8 Å². The average Bonchev–Trinajstić information content (AvgIpc) is 2.53. The van der Waals surface area contributed by atoms with E-state index in [4.69, 9.17) is 0 Å². The molecule has 0 saturated carbocycles. The highest BCUT2D eigenvalue weighted by molar-refractivity contribution is 6.40. The maximum Gasteiger partial charge on any atom is 0.179 e. The van der Waals surface area contributed by atoms with Crippen molar-refractivity contribution in [3.63, 3.8) is 0 Å². The summed E-state index contributed by atoms with van der Waals surface area (Å²) in [5.74, 6) is 1.05. The molecule has 1 unspecified atom stereocenters. The molecule has 0 saturated heterocycles. The molecule has 1 aliphatic heterocycles. The van der Waals surface area contributed by atoms with E-state index in [1.165, 1.54) is 0 Å². The normalized spacial score (nSPS) is 18.9. The fourth-order valence-corrected chi connectivity index (χ4v) is 1.84. The quantitative estimate of drug-likeness (QED) is 0.655. The lowest BCUT2D eigenvalue weighted by atomic mass is 9.92. The summed E-state index contributed by atoms with van der Waals surface area (Å²) < 4.78 is 0. The van der Waals surface area contributed by atoms with Crippen LogP contribution in [0.2, 0.25) is 0 Å². The summed E-state index contributed by atoms with van der Waals surface area (Å²) in [7, 11) is 0. The molecule has 1 aliphatic rings. The van der Waals surface area contributed by atoms with Gasteiger partial charge in [0, 0.05) is 12.5 Å². The Bertz CT molecular complexity index is 218. The minimum absolute atomic E-state index is 0.164. The van der Waals surface area contributed by atoms with E-state index in [0.29, 0.717) is 5.92 Å². The van der Waals surface area contributed by atoms with Crippen molar-refractivity contribution in [2.75, 3.05) is 6.54 Å². The molecule has 2 nitrogen and oxygen atoms in total. The average molecular weight is 181 g/mol. The lowest BCUT2D eigenvalue weighted by Gasteiger charge is -2.12. The molecule has 0 aromatic carbocycles. The molecule has 1 atom stereocenters. The number of carbonyl (C=O) groups excluding carboxylic acids is 1. The van der Waals surface area contributed by atoms with Crippen LogP contribution in [0.4, 0.5) is 0 Å². The van der Waals surface area contributed by atoms with Gasteiger partial charge in [-0.25, -0.2) is 0 Å². The Morgan fingerprint density at radius 2 is 2.15 bits per heavy atom. The largest absolute Gasteiger partial charge is 0.293 e. The highest BCUT2D eigenvalue weighted by atomic mass is 16.1. The van der Waals surface area contributed by atoms with E-state index in [1.807, 2.05) is 6.92 Å². The Labute approximate surface area is 80.4 Å². The molecule has 1 heterocycles. The Morgan fingerprint density at radius 1 is 1.46 bits per heavy atom. The molecule has 13 heavy (non-hydrogen) atoms. The van der Waals surface area contributed by atoms with Crippen molar-refractivity contribution in [3.8, 4) is 0 Å². The predicted molar refractivity (Wildman–Crippen MR) is 55.2 cm³/mol. The lowest BCUT2D eigenvalue weighted by molar-refractivity contribution is -0.116. The van der Waals surface area contributed by atoms with Crippen LogP contribution < -0.4 is 0 Å². The minimum atomic E-state index is 0.164. The molecule has 0 aromatic heterocycles. The van der Waals surface area contributed by atoms with Gasteiger partial charge in [-0.05, 0) is 25.2 Å². The lowest BCUT2D eigenvalue weighted by Crippen LogP contribution is -2.21. The Kier molecular flexibility index (Phi) is 3.64. The summed E-state index contributed by atoms with van der Waals surface area (Å²) in [4.78, 5) is 16.0. The summed E-state index contributed by atoms with van der Waals surface area (Å²) in [6.45, 7) is 7.18. The van der Waals surface area contributed by atoms with Crippen molar-refractivity contribution in [1.82, 2.24) is 0 Å². The molecule has 0 aliphatic carbocycles. The van der Waals surface area contributed by atoms with Gasteiger partial charge in [0.25, 0.3) is 0 Å². The van der Waals surface area contributed by atoms with Gasteiger partial charge in [-0.3, -0.25) is 9.79 Å². The Hall–Kier alpha value is -0.660. The third-order valence-electron chi connectivity index (χ3n) is 2.43. The van der Waals surface area contributed by atoms with Gasteiger partial charge in [0.1, 0.15) is 0 Å². The molecule has 0 spiro atoms. The Balaban J connectivity index is 2.46. The van der Waals surface area contributed by atoms with E-state index in [9.17, 15) is 4.79 Å². The van der Waals surface area contributed by atoms with E-state index in [-0.39, 0.29) is 11.7 Å². The second-order valence-electron chi connectivity index (χ2n) is 4.33. The molecule has 1 rings (SSSR count). The van der Waals surface area contributed by atoms with E-state index in [2.05, 4.69) is 18.8 Å². The molecule has 74 valence electrons. The van der Waals surface area contributed by atoms with Gasteiger partial charge in [0.2, 0.25) is 0 Å². The highest BCUT2D eigenvalue weighted by Gasteiger charge is 2.21. The van der Waals surface area contributed by atoms with Crippen LogP contribution in [-0.4, -0.2) is 18.0 Å². The number of hydrogen-bond donors (Lipinski definition) is 0. The first-order chi connectivity index (χ1) is 6.11. The van der Waals surface area contributed by atoms with Crippen molar-refractivity contribution in [1.29, 1.82) is 0 Å². The molecular formula is C11H19NO. The summed E-state index contributed by atoms with van der Waals surface area (Å²) in [5.41, 5.74) is 0.841. The Morgan fingerprint density at radius 3 is 2.62 bits per heavy atom. The van der Waals surface area contributed by atoms with Gasteiger partial charge in [0.15, 0.2) is 5.78 Å². The first-order valence-corrected chi connectivity index (χ1v) is 5.18. The van der Waals surface area contributed by atoms with Crippen molar-refractivity contribution in [2.45, 2.75) is 40.0 Å². The maximum absolute atomic E-state index is 11.8. The van der Waals surface area contributed by atoms with Crippen LogP contribution in [0.25, 0.3) is 0 Å². The van der Waals surface area contributed by atoms with Crippen molar-refractivity contribution in [2.24, 2.45) is 16.8 Å². The van der Waals surface area contributed by atoms with Crippen molar-refractivity contribution >= 4 is 11.5 Å². The van der Waals surface area contributed by atoms with Gasteiger partial charge in [0.05, 0.1) is 5.71 Å². The summed E-state index contributed by atoms with van der Waals surface area (Å²) in [6, 6.07) is 0. The third-order valence-corrected chi connectivity index (χ3v) is 2.43. The molecule has 0 radical (unpaired) electrons. The number of rotatable bonds is 4. The second kappa shape index (κ2) is 4.54. The molecule has 2 heteroatoms. The third kappa shape index (κ3) is 2.94. The molecule has 0 N–H and O–H groups in total. The molecule has 0 amide bonds. The first kappa shape index (κ1) is 10.4. The van der Waals surface area contributed by atoms with Crippen LogP contribution in [0.5, 0.6) is 0 Å². The van der Waals surface area contributed by atoms with Crippen LogP contribution >= 0.6 is 0 Å².